The molecule has 1 aliphatic rings. The Kier molecular flexibility index (Phi) is 6.87. The summed E-state index contributed by atoms with van der Waals surface area (Å²) in [7, 11) is 0. The summed E-state index contributed by atoms with van der Waals surface area (Å²) in [5, 5.41) is 2.32. The van der Waals surface area contributed by atoms with Gasteiger partial charge in [0.25, 0.3) is 5.91 Å². The molecule has 1 heterocycles. The van der Waals surface area contributed by atoms with Gasteiger partial charge in [-0.2, -0.15) is 13.2 Å². The van der Waals surface area contributed by atoms with Gasteiger partial charge < -0.3 is 19.7 Å². The van der Waals surface area contributed by atoms with E-state index < -0.39 is 17.6 Å². The maximum absolute atomic E-state index is 13.6. The number of nitrogens with zero attached hydrogens (tertiary/aromatic N) is 1. The third kappa shape index (κ3) is 5.66. The van der Waals surface area contributed by atoms with Crippen molar-refractivity contribution in [2.75, 3.05) is 43.1 Å². The van der Waals surface area contributed by atoms with Crippen molar-refractivity contribution in [3.05, 3.63) is 53.6 Å². The standard InChI is InChI=1S/C22H25F3N2O3/c1-15(2)16-3-6-18(7-4-16)30-14-21(28)26-20-8-5-17(13-19(20)22(23,24)25)27-9-11-29-12-10-27/h3-8,13,15H,9-12,14H2,1-2H3,(H,26,28). The smallest absolute Gasteiger partial charge is 0.418 e. The van der Waals surface area contributed by atoms with Gasteiger partial charge in [-0.3, -0.25) is 4.79 Å². The molecule has 0 unspecified atom stereocenters. The van der Waals surface area contributed by atoms with Gasteiger partial charge in [0.2, 0.25) is 0 Å². The van der Waals surface area contributed by atoms with Crippen LogP contribution >= 0.6 is 0 Å². The van der Waals surface area contributed by atoms with E-state index in [4.69, 9.17) is 9.47 Å². The van der Waals surface area contributed by atoms with Crippen molar-refractivity contribution in [3.63, 3.8) is 0 Å². The van der Waals surface area contributed by atoms with Crippen LogP contribution in [-0.2, 0) is 15.7 Å². The molecule has 8 heteroatoms. The molecule has 1 fully saturated rings. The molecule has 3 rings (SSSR count). The van der Waals surface area contributed by atoms with Crippen molar-refractivity contribution in [2.45, 2.75) is 25.9 Å². The molecule has 0 aliphatic carbocycles. The fourth-order valence-electron chi connectivity index (χ4n) is 3.18. The van der Waals surface area contributed by atoms with Gasteiger partial charge in [0.15, 0.2) is 6.61 Å². The summed E-state index contributed by atoms with van der Waals surface area (Å²) in [6.45, 7) is 5.71. The molecular weight excluding hydrogens is 397 g/mol. The minimum absolute atomic E-state index is 0.289. The zero-order chi connectivity index (χ0) is 21.7. The summed E-state index contributed by atoms with van der Waals surface area (Å²) < 4.78 is 51.4. The molecule has 2 aromatic carbocycles. The number of carbonyl (C=O) groups excluding carboxylic acids is 1. The van der Waals surface area contributed by atoms with Crippen molar-refractivity contribution in [3.8, 4) is 5.75 Å². The molecule has 1 N–H and O–H groups in total. The highest BCUT2D eigenvalue weighted by Crippen LogP contribution is 2.37. The topological polar surface area (TPSA) is 50.8 Å². The Hall–Kier alpha value is -2.74. The highest BCUT2D eigenvalue weighted by atomic mass is 19.4. The van der Waals surface area contributed by atoms with Gasteiger partial charge in [-0.15, -0.1) is 0 Å². The number of anilines is 2. The quantitative estimate of drug-likeness (QED) is 0.734. The van der Waals surface area contributed by atoms with Gasteiger partial charge in [-0.05, 0) is 41.8 Å². The third-order valence-corrected chi connectivity index (χ3v) is 4.88. The van der Waals surface area contributed by atoms with Gasteiger partial charge in [-0.25, -0.2) is 0 Å². The van der Waals surface area contributed by atoms with Crippen molar-refractivity contribution in [2.24, 2.45) is 0 Å². The van der Waals surface area contributed by atoms with Gasteiger partial charge in [0.05, 0.1) is 24.5 Å². The Morgan fingerprint density at radius 3 is 2.40 bits per heavy atom. The third-order valence-electron chi connectivity index (χ3n) is 4.88. The van der Waals surface area contributed by atoms with Gasteiger partial charge >= 0.3 is 6.18 Å². The number of amides is 1. The molecule has 1 aliphatic heterocycles. The minimum atomic E-state index is -4.60. The predicted molar refractivity (Wildman–Crippen MR) is 109 cm³/mol. The number of rotatable bonds is 6. The van der Waals surface area contributed by atoms with E-state index in [0.717, 1.165) is 11.6 Å². The lowest BCUT2D eigenvalue weighted by Gasteiger charge is -2.29. The van der Waals surface area contributed by atoms with Gasteiger partial charge in [0.1, 0.15) is 5.75 Å². The van der Waals surface area contributed by atoms with Crippen LogP contribution in [-0.4, -0.2) is 38.8 Å². The highest BCUT2D eigenvalue weighted by molar-refractivity contribution is 5.93. The van der Waals surface area contributed by atoms with E-state index in [1.807, 2.05) is 17.0 Å². The summed E-state index contributed by atoms with van der Waals surface area (Å²) in [5.74, 6) is 0.185. The SMILES string of the molecule is CC(C)c1ccc(OCC(=O)Nc2ccc(N3CCOCC3)cc2C(F)(F)F)cc1. The molecule has 1 amide bonds. The molecule has 0 radical (unpaired) electrons. The van der Waals surface area contributed by atoms with E-state index in [1.165, 1.54) is 6.07 Å². The van der Waals surface area contributed by atoms with E-state index >= 15 is 0 Å². The maximum Gasteiger partial charge on any atom is 0.418 e. The van der Waals surface area contributed by atoms with Crippen LogP contribution in [0.2, 0.25) is 0 Å². The number of nitrogens with one attached hydrogen (secondary N) is 1. The lowest BCUT2D eigenvalue weighted by molar-refractivity contribution is -0.137. The van der Waals surface area contributed by atoms with E-state index in [0.29, 0.717) is 43.7 Å². The monoisotopic (exact) mass is 422 g/mol. The molecule has 0 aromatic heterocycles. The number of halogens is 3. The van der Waals surface area contributed by atoms with E-state index in [2.05, 4.69) is 19.2 Å². The van der Waals surface area contributed by atoms with Crippen LogP contribution in [0.1, 0.15) is 30.9 Å². The second kappa shape index (κ2) is 9.38. The fraction of sp³-hybridized carbons (Fsp3) is 0.409. The first-order chi connectivity index (χ1) is 14.2. The van der Waals surface area contributed by atoms with Crippen LogP contribution in [0, 0.1) is 0 Å². The van der Waals surface area contributed by atoms with E-state index in [-0.39, 0.29) is 12.3 Å². The number of benzene rings is 2. The molecular formula is C22H25F3N2O3. The summed E-state index contributed by atoms with van der Waals surface area (Å²) in [4.78, 5) is 14.0. The zero-order valence-electron chi connectivity index (χ0n) is 17.0. The first kappa shape index (κ1) is 22.0. The molecule has 2 aromatic rings. The molecule has 1 saturated heterocycles. The number of alkyl halides is 3. The number of morpholine rings is 1. The second-order valence-electron chi connectivity index (χ2n) is 7.39. The van der Waals surface area contributed by atoms with Crippen LogP contribution in [0.5, 0.6) is 5.75 Å². The molecule has 5 nitrogen and oxygen atoms in total. The van der Waals surface area contributed by atoms with E-state index in [9.17, 15) is 18.0 Å². The van der Waals surface area contributed by atoms with Crippen LogP contribution in [0.3, 0.4) is 0 Å². The average Bonchev–Trinajstić information content (AvgIpc) is 2.72. The Labute approximate surface area is 173 Å². The number of hydrogen-bond donors (Lipinski definition) is 1. The first-order valence-electron chi connectivity index (χ1n) is 9.80. The molecule has 162 valence electrons. The highest BCUT2D eigenvalue weighted by Gasteiger charge is 2.35. The first-order valence-corrected chi connectivity index (χ1v) is 9.80. The van der Waals surface area contributed by atoms with Gasteiger partial charge in [-0.1, -0.05) is 26.0 Å². The van der Waals surface area contributed by atoms with Crippen molar-refractivity contribution in [1.82, 2.24) is 0 Å². The van der Waals surface area contributed by atoms with Crippen LogP contribution in [0.4, 0.5) is 24.5 Å². The molecule has 0 atom stereocenters. The normalized spacial score (nSPS) is 14.7. The summed E-state index contributed by atoms with van der Waals surface area (Å²) in [5.41, 5.74) is 0.400. The number of ether oxygens (including phenoxy) is 2. The summed E-state index contributed by atoms with van der Waals surface area (Å²) in [6.07, 6.45) is -4.60. The Morgan fingerprint density at radius 1 is 1.13 bits per heavy atom. The lowest BCUT2D eigenvalue weighted by Crippen LogP contribution is -2.36. The molecule has 0 saturated carbocycles. The lowest BCUT2D eigenvalue weighted by atomic mass is 10.0. The van der Waals surface area contributed by atoms with Crippen molar-refractivity contribution < 1.29 is 27.4 Å². The number of carbonyl (C=O) groups is 1. The zero-order valence-corrected chi connectivity index (χ0v) is 17.0. The van der Waals surface area contributed by atoms with Crippen LogP contribution in [0.25, 0.3) is 0 Å². The largest absolute Gasteiger partial charge is 0.484 e. The van der Waals surface area contributed by atoms with Crippen molar-refractivity contribution in [1.29, 1.82) is 0 Å². The van der Waals surface area contributed by atoms with E-state index in [1.54, 1.807) is 18.2 Å². The molecule has 0 spiro atoms. The molecule has 30 heavy (non-hydrogen) atoms. The maximum atomic E-state index is 13.6. The predicted octanol–water partition coefficient (Wildman–Crippen LogP) is 4.68. The van der Waals surface area contributed by atoms with Crippen LogP contribution < -0.4 is 15.0 Å². The summed E-state index contributed by atoms with van der Waals surface area (Å²) in [6, 6.07) is 11.2. The van der Waals surface area contributed by atoms with Gasteiger partial charge in [0, 0.05) is 18.8 Å². The Morgan fingerprint density at radius 2 is 1.80 bits per heavy atom. The minimum Gasteiger partial charge on any atom is -0.484 e. The Balaban J connectivity index is 1.67. The van der Waals surface area contributed by atoms with Crippen molar-refractivity contribution >= 4 is 17.3 Å². The second-order valence-corrected chi connectivity index (χ2v) is 7.39. The Bertz CT molecular complexity index is 861. The average molecular weight is 422 g/mol. The number of hydrogen-bond acceptors (Lipinski definition) is 4. The summed E-state index contributed by atoms with van der Waals surface area (Å²) >= 11 is 0. The molecule has 0 bridgehead atoms. The van der Waals surface area contributed by atoms with Crippen LogP contribution in [0.15, 0.2) is 42.5 Å². The fourth-order valence-corrected chi connectivity index (χ4v) is 3.18.